The average Bonchev–Trinajstić information content (AvgIpc) is 3.17. The Bertz CT molecular complexity index is 642. The zero-order valence-electron chi connectivity index (χ0n) is 10.5. The number of nitrogens with zero attached hydrogens (tertiary/aromatic N) is 2. The highest BCUT2D eigenvalue weighted by Gasteiger charge is 2.26. The smallest absolute Gasteiger partial charge is 0.244 e. The first-order valence-corrected chi connectivity index (χ1v) is 8.45. The summed E-state index contributed by atoms with van der Waals surface area (Å²) in [6.07, 6.45) is 0.532. The van der Waals surface area contributed by atoms with Crippen LogP contribution in [0.25, 0.3) is 10.6 Å². The normalized spacial score (nSPS) is 14.3. The van der Waals surface area contributed by atoms with E-state index in [0.29, 0.717) is 9.75 Å². The van der Waals surface area contributed by atoms with Crippen LogP contribution in [-0.2, 0) is 14.9 Å². The molecular weight excluding hydrogens is 403 g/mol. The van der Waals surface area contributed by atoms with Crippen LogP contribution in [0.3, 0.4) is 0 Å². The minimum Gasteiger partial charge on any atom is -0.360 e. The topological polar surface area (TPSA) is 63.4 Å². The van der Waals surface area contributed by atoms with E-state index in [0.717, 1.165) is 20.7 Å². The van der Waals surface area contributed by atoms with Gasteiger partial charge in [-0.3, -0.25) is 9.59 Å². The van der Waals surface area contributed by atoms with Gasteiger partial charge in [0.25, 0.3) is 0 Å². The van der Waals surface area contributed by atoms with Crippen molar-refractivity contribution >= 4 is 62.5 Å². The van der Waals surface area contributed by atoms with Crippen LogP contribution in [0.4, 0.5) is 0 Å². The standard InChI is InChI=1S/C8H5BrClNOS.C4H4ClNO2/c9-4-5-3-6(11-12-5)7-1-2-8(10)13-7;5-6-3(7)1-2-4(6)8/h1-3H,4H2;1-2H2. The van der Waals surface area contributed by atoms with Crippen molar-refractivity contribution in [2.75, 3.05) is 0 Å². The molecule has 0 bridgehead atoms. The maximum atomic E-state index is 10.4. The quantitative estimate of drug-likeness (QED) is 0.421. The molecule has 0 N–H and O–H groups in total. The summed E-state index contributed by atoms with van der Waals surface area (Å²) >= 11 is 15.7. The van der Waals surface area contributed by atoms with E-state index in [1.807, 2.05) is 18.2 Å². The van der Waals surface area contributed by atoms with E-state index >= 15 is 0 Å². The van der Waals surface area contributed by atoms with Crippen molar-refractivity contribution < 1.29 is 14.1 Å². The Labute approximate surface area is 143 Å². The molecule has 3 rings (SSSR count). The predicted molar refractivity (Wildman–Crippen MR) is 84.4 cm³/mol. The SMILES string of the molecule is Clc1ccc(-c2cc(CBr)on2)s1.O=C1CCC(=O)N1Cl. The predicted octanol–water partition coefficient (Wildman–Crippen LogP) is 4.24. The number of hydrogen-bond donors (Lipinski definition) is 0. The van der Waals surface area contributed by atoms with E-state index in [1.54, 1.807) is 0 Å². The minimum absolute atomic E-state index is 0.266. The van der Waals surface area contributed by atoms with Crippen LogP contribution in [-0.4, -0.2) is 21.4 Å². The first kappa shape index (κ1) is 16.5. The molecule has 1 aliphatic heterocycles. The van der Waals surface area contributed by atoms with Gasteiger partial charge in [-0.15, -0.1) is 11.3 Å². The summed E-state index contributed by atoms with van der Waals surface area (Å²) in [5.74, 6) is 0.229. The molecule has 112 valence electrons. The number of halogens is 3. The number of carbonyl (C=O) groups excluding carboxylic acids is 2. The summed E-state index contributed by atoms with van der Waals surface area (Å²) in [5.41, 5.74) is 0.839. The maximum absolute atomic E-state index is 10.4. The fourth-order valence-corrected chi connectivity index (χ4v) is 2.92. The molecule has 0 aromatic carbocycles. The number of carbonyl (C=O) groups is 2. The van der Waals surface area contributed by atoms with Crippen molar-refractivity contribution in [3.05, 3.63) is 28.3 Å². The van der Waals surface area contributed by atoms with Gasteiger partial charge in [0.15, 0.2) is 0 Å². The third-order valence-electron chi connectivity index (χ3n) is 2.51. The largest absolute Gasteiger partial charge is 0.360 e. The van der Waals surface area contributed by atoms with Gasteiger partial charge in [0.05, 0.1) is 14.5 Å². The van der Waals surface area contributed by atoms with Crippen molar-refractivity contribution in [1.29, 1.82) is 0 Å². The van der Waals surface area contributed by atoms with Crippen LogP contribution in [0, 0.1) is 0 Å². The van der Waals surface area contributed by atoms with Crippen LogP contribution in [0.2, 0.25) is 4.34 Å². The van der Waals surface area contributed by atoms with Gasteiger partial charge in [-0.1, -0.05) is 32.7 Å². The van der Waals surface area contributed by atoms with Crippen molar-refractivity contribution in [1.82, 2.24) is 9.58 Å². The molecule has 2 amide bonds. The van der Waals surface area contributed by atoms with Crippen molar-refractivity contribution in [2.45, 2.75) is 18.2 Å². The van der Waals surface area contributed by atoms with E-state index in [2.05, 4.69) is 21.1 Å². The van der Waals surface area contributed by atoms with E-state index < -0.39 is 0 Å². The molecule has 3 heterocycles. The third kappa shape index (κ3) is 4.29. The van der Waals surface area contributed by atoms with E-state index in [1.165, 1.54) is 11.3 Å². The van der Waals surface area contributed by atoms with Gasteiger partial charge in [-0.25, -0.2) is 0 Å². The van der Waals surface area contributed by atoms with Gasteiger partial charge in [0, 0.05) is 30.7 Å². The van der Waals surface area contributed by atoms with Gasteiger partial charge < -0.3 is 4.52 Å². The fourth-order valence-electron chi connectivity index (χ4n) is 1.49. The lowest BCUT2D eigenvalue weighted by molar-refractivity contribution is -0.132. The molecule has 2 aromatic heterocycles. The Hall–Kier alpha value is -0.890. The summed E-state index contributed by atoms with van der Waals surface area (Å²) in [7, 11) is 0. The van der Waals surface area contributed by atoms with E-state index in [4.69, 9.17) is 27.9 Å². The summed E-state index contributed by atoms with van der Waals surface area (Å²) in [6.45, 7) is 0. The van der Waals surface area contributed by atoms with Crippen molar-refractivity contribution in [2.24, 2.45) is 0 Å². The summed E-state index contributed by atoms with van der Waals surface area (Å²) < 4.78 is 6.45. The van der Waals surface area contributed by atoms with Crippen LogP contribution in [0.15, 0.2) is 22.7 Å². The summed E-state index contributed by atoms with van der Waals surface area (Å²) in [6, 6.07) is 5.68. The molecule has 21 heavy (non-hydrogen) atoms. The fraction of sp³-hybridized carbons (Fsp3) is 0.250. The van der Waals surface area contributed by atoms with Crippen molar-refractivity contribution in [3.8, 4) is 10.6 Å². The van der Waals surface area contributed by atoms with Gasteiger partial charge in [-0.05, 0) is 12.1 Å². The molecule has 0 unspecified atom stereocenters. The molecule has 1 saturated heterocycles. The number of aromatic nitrogens is 1. The minimum atomic E-state index is -0.295. The highest BCUT2D eigenvalue weighted by molar-refractivity contribution is 9.08. The first-order chi connectivity index (χ1) is 10.0. The molecule has 9 heteroatoms. The Kier molecular flexibility index (Phi) is 5.80. The number of hydrogen-bond acceptors (Lipinski definition) is 5. The number of amides is 2. The zero-order chi connectivity index (χ0) is 15.4. The molecule has 0 saturated carbocycles. The third-order valence-corrected chi connectivity index (χ3v) is 4.69. The lowest BCUT2D eigenvalue weighted by Gasteiger charge is -1.96. The second-order valence-electron chi connectivity index (χ2n) is 3.98. The Balaban J connectivity index is 0.000000173. The second kappa shape index (κ2) is 7.40. The number of rotatable bonds is 2. The van der Waals surface area contributed by atoms with Crippen LogP contribution >= 0.6 is 50.6 Å². The highest BCUT2D eigenvalue weighted by Crippen LogP contribution is 2.30. The van der Waals surface area contributed by atoms with Gasteiger partial charge >= 0.3 is 0 Å². The first-order valence-electron chi connectivity index (χ1n) is 5.80. The van der Waals surface area contributed by atoms with Crippen molar-refractivity contribution in [3.63, 3.8) is 0 Å². The Morgan fingerprint density at radius 1 is 1.33 bits per heavy atom. The number of alkyl halides is 1. The molecule has 1 aliphatic rings. The van der Waals surface area contributed by atoms with Crippen LogP contribution in [0.1, 0.15) is 18.6 Å². The lowest BCUT2D eigenvalue weighted by atomic mass is 10.3. The molecule has 0 atom stereocenters. The lowest BCUT2D eigenvalue weighted by Crippen LogP contribution is -2.16. The second-order valence-corrected chi connectivity index (χ2v) is 6.60. The molecular formula is C12H9BrCl2N2O3S. The molecule has 0 aliphatic carbocycles. The molecule has 5 nitrogen and oxygen atoms in total. The highest BCUT2D eigenvalue weighted by atomic mass is 79.9. The van der Waals surface area contributed by atoms with E-state index in [9.17, 15) is 9.59 Å². The number of imide groups is 1. The monoisotopic (exact) mass is 410 g/mol. The molecule has 1 fully saturated rings. The molecule has 0 spiro atoms. The number of thiophene rings is 1. The maximum Gasteiger partial charge on any atom is 0.244 e. The Morgan fingerprint density at radius 3 is 2.38 bits per heavy atom. The summed E-state index contributed by atoms with van der Waals surface area (Å²) in [4.78, 5) is 21.7. The molecule has 2 aromatic rings. The summed E-state index contributed by atoms with van der Waals surface area (Å²) in [5, 5.41) is 4.60. The average molecular weight is 412 g/mol. The van der Waals surface area contributed by atoms with E-state index in [-0.39, 0.29) is 24.7 Å². The Morgan fingerprint density at radius 2 is 2.00 bits per heavy atom. The van der Waals surface area contributed by atoms with Crippen LogP contribution < -0.4 is 0 Å². The van der Waals surface area contributed by atoms with Gasteiger partial charge in [0.1, 0.15) is 11.5 Å². The van der Waals surface area contributed by atoms with Crippen LogP contribution in [0.5, 0.6) is 0 Å². The van der Waals surface area contributed by atoms with Gasteiger partial charge in [-0.2, -0.15) is 4.42 Å². The van der Waals surface area contributed by atoms with Gasteiger partial charge in [0.2, 0.25) is 11.8 Å². The zero-order valence-corrected chi connectivity index (χ0v) is 14.4. The molecule has 0 radical (unpaired) electrons.